The highest BCUT2D eigenvalue weighted by molar-refractivity contribution is 5.55. The van der Waals surface area contributed by atoms with E-state index in [9.17, 15) is 17.6 Å². The molecule has 0 atom stereocenters. The summed E-state index contributed by atoms with van der Waals surface area (Å²) in [6.07, 6.45) is -4.23. The molecule has 218 valence electrons. The van der Waals surface area contributed by atoms with Crippen LogP contribution in [-0.4, -0.2) is 0 Å². The number of nitrogens with zero attached hydrogens (tertiary/aromatic N) is 1. The fourth-order valence-corrected chi connectivity index (χ4v) is 3.67. The van der Waals surface area contributed by atoms with Crippen LogP contribution >= 0.6 is 0 Å². The number of alkyl halides is 3. The summed E-state index contributed by atoms with van der Waals surface area (Å²) >= 11 is 0. The molecule has 0 spiro atoms. The summed E-state index contributed by atoms with van der Waals surface area (Å²) in [6, 6.07) is 20.2. The van der Waals surface area contributed by atoms with Crippen molar-refractivity contribution >= 4 is 5.69 Å². The molecule has 0 radical (unpaired) electrons. The smallest absolute Gasteiger partial charge is 0.238 e. The summed E-state index contributed by atoms with van der Waals surface area (Å²) in [4.78, 5) is 3.42. The molecule has 0 saturated heterocycles. The van der Waals surface area contributed by atoms with Crippen molar-refractivity contribution in [3.05, 3.63) is 145 Å². The normalized spacial score (nSPS) is 10.2. The van der Waals surface area contributed by atoms with E-state index in [1.807, 2.05) is 39.8 Å². The van der Waals surface area contributed by atoms with Crippen molar-refractivity contribution in [3.8, 4) is 0 Å². The topological polar surface area (TPSA) is 4.36 Å². The second kappa shape index (κ2) is 15.8. The second-order valence-corrected chi connectivity index (χ2v) is 10.5. The Labute approximate surface area is 243 Å². The standard InChI is InChI=1S/C10H11N.C9H9F3.C9H11F.C8H10/c1-7-5-9(3)10(11-4)6-8(7)2;1-6-3-4-7(2)8(5-6)9(10,11)12;1-6-4-8(3)9(10)5-7(6)2;1-7-3-5-8(2)6-4-7/h5-6H,1-3H3;3-5H,1-2H3;4-5H,1-3H3;3-6H,1-2H3. The average Bonchev–Trinajstić information content (AvgIpc) is 2.89. The molecule has 0 aliphatic carbocycles. The molecule has 0 aliphatic heterocycles. The number of rotatable bonds is 0. The van der Waals surface area contributed by atoms with E-state index in [-0.39, 0.29) is 11.4 Å². The molecule has 0 unspecified atom stereocenters. The van der Waals surface area contributed by atoms with E-state index in [1.165, 1.54) is 35.2 Å². The van der Waals surface area contributed by atoms with Gasteiger partial charge in [-0.1, -0.05) is 82.4 Å². The predicted molar refractivity (Wildman–Crippen MR) is 164 cm³/mol. The van der Waals surface area contributed by atoms with Crippen LogP contribution in [0.2, 0.25) is 0 Å². The molecular weight excluding hydrogens is 522 g/mol. The SMILES string of the molecule is Cc1cc(C)c(F)cc1C.Cc1ccc(C)c(C(F)(F)F)c1.Cc1ccc(C)cc1.[C-]#[N+]c1cc(C)c(C)cc1C. The maximum atomic E-state index is 12.8. The van der Waals surface area contributed by atoms with Gasteiger partial charge in [-0.15, -0.1) is 0 Å². The van der Waals surface area contributed by atoms with Crippen LogP contribution in [0.5, 0.6) is 0 Å². The number of hydrogen-bond acceptors (Lipinski definition) is 0. The molecule has 0 aliphatic rings. The van der Waals surface area contributed by atoms with Gasteiger partial charge in [0.1, 0.15) is 5.82 Å². The number of hydrogen-bond donors (Lipinski definition) is 0. The van der Waals surface area contributed by atoms with Crippen molar-refractivity contribution in [1.82, 2.24) is 0 Å². The fourth-order valence-electron chi connectivity index (χ4n) is 3.67. The first-order valence-electron chi connectivity index (χ1n) is 13.3. The van der Waals surface area contributed by atoms with Crippen molar-refractivity contribution < 1.29 is 17.6 Å². The van der Waals surface area contributed by atoms with Gasteiger partial charge >= 0.3 is 6.18 Å². The molecule has 4 aromatic carbocycles. The van der Waals surface area contributed by atoms with Gasteiger partial charge in [-0.05, 0) is 109 Å². The van der Waals surface area contributed by atoms with E-state index in [0.717, 1.165) is 34.0 Å². The van der Waals surface area contributed by atoms with Gasteiger partial charge in [0.15, 0.2) is 5.69 Å². The third-order valence-electron chi connectivity index (χ3n) is 6.62. The van der Waals surface area contributed by atoms with E-state index in [0.29, 0.717) is 5.56 Å². The van der Waals surface area contributed by atoms with Crippen LogP contribution in [0.1, 0.15) is 61.2 Å². The monoisotopic (exact) mass is 563 g/mol. The zero-order chi connectivity index (χ0) is 31.5. The molecule has 41 heavy (non-hydrogen) atoms. The molecule has 0 amide bonds. The van der Waals surface area contributed by atoms with Crippen molar-refractivity contribution in [2.24, 2.45) is 0 Å². The zero-order valence-corrected chi connectivity index (χ0v) is 25.8. The molecule has 0 saturated carbocycles. The van der Waals surface area contributed by atoms with Gasteiger partial charge in [-0.3, -0.25) is 0 Å². The van der Waals surface area contributed by atoms with Crippen LogP contribution in [0.3, 0.4) is 0 Å². The molecule has 4 rings (SSSR count). The Bertz CT molecular complexity index is 1400. The van der Waals surface area contributed by atoms with E-state index in [1.54, 1.807) is 26.0 Å². The Morgan fingerprint density at radius 2 is 0.902 bits per heavy atom. The Hall–Kier alpha value is -3.91. The molecule has 0 N–H and O–H groups in total. The highest BCUT2D eigenvalue weighted by Gasteiger charge is 2.32. The summed E-state index contributed by atoms with van der Waals surface area (Å²) in [5.74, 6) is -0.108. The van der Waals surface area contributed by atoms with Gasteiger partial charge < -0.3 is 0 Å². The fraction of sp³-hybridized carbons (Fsp3) is 0.306. The Kier molecular flexibility index (Phi) is 13.5. The lowest BCUT2D eigenvalue weighted by Gasteiger charge is -2.10. The highest BCUT2D eigenvalue weighted by Crippen LogP contribution is 2.32. The van der Waals surface area contributed by atoms with Gasteiger partial charge in [0.05, 0.1) is 12.1 Å². The predicted octanol–water partition coefficient (Wildman–Crippen LogP) is 11.5. The van der Waals surface area contributed by atoms with E-state index in [2.05, 4.69) is 55.9 Å². The molecule has 0 aromatic heterocycles. The van der Waals surface area contributed by atoms with Crippen LogP contribution in [-0.2, 0) is 6.18 Å². The third kappa shape index (κ3) is 12.0. The molecule has 0 heterocycles. The number of halogens is 4. The van der Waals surface area contributed by atoms with Crippen molar-refractivity contribution in [2.45, 2.75) is 75.4 Å². The lowest BCUT2D eigenvalue weighted by atomic mass is 10.1. The average molecular weight is 564 g/mol. The van der Waals surface area contributed by atoms with Crippen LogP contribution in [0.15, 0.2) is 66.7 Å². The molecule has 5 heteroatoms. The zero-order valence-electron chi connectivity index (χ0n) is 25.8. The lowest BCUT2D eigenvalue weighted by Crippen LogP contribution is -2.07. The van der Waals surface area contributed by atoms with Crippen LogP contribution in [0, 0.1) is 81.6 Å². The molecule has 0 fully saturated rings. The van der Waals surface area contributed by atoms with E-state index in [4.69, 9.17) is 6.57 Å². The van der Waals surface area contributed by atoms with Gasteiger partial charge in [-0.2, -0.15) is 13.2 Å². The number of benzene rings is 4. The van der Waals surface area contributed by atoms with Crippen molar-refractivity contribution in [1.29, 1.82) is 0 Å². The quantitative estimate of drug-likeness (QED) is 0.148. The maximum Gasteiger partial charge on any atom is 0.416 e. The first kappa shape index (κ1) is 35.1. The Morgan fingerprint density at radius 3 is 1.32 bits per heavy atom. The van der Waals surface area contributed by atoms with E-state index < -0.39 is 11.7 Å². The summed E-state index contributed by atoms with van der Waals surface area (Å²) in [7, 11) is 0. The minimum Gasteiger partial charge on any atom is -0.238 e. The molecular formula is C36H41F4N. The van der Waals surface area contributed by atoms with Gasteiger partial charge in [0, 0.05) is 0 Å². The molecule has 1 nitrogen and oxygen atoms in total. The minimum absolute atomic E-state index is 0.108. The summed E-state index contributed by atoms with van der Waals surface area (Å²) in [6.45, 7) is 25.9. The maximum absolute atomic E-state index is 12.8. The lowest BCUT2D eigenvalue weighted by molar-refractivity contribution is -0.138. The second-order valence-electron chi connectivity index (χ2n) is 10.5. The third-order valence-corrected chi connectivity index (χ3v) is 6.62. The molecule has 0 bridgehead atoms. The number of aryl methyl sites for hydroxylation is 10. The van der Waals surface area contributed by atoms with Crippen LogP contribution in [0.4, 0.5) is 23.2 Å². The van der Waals surface area contributed by atoms with Crippen LogP contribution < -0.4 is 0 Å². The first-order valence-corrected chi connectivity index (χ1v) is 13.3. The first-order chi connectivity index (χ1) is 19.0. The Balaban J connectivity index is 0.000000276. The van der Waals surface area contributed by atoms with Crippen molar-refractivity contribution in [3.63, 3.8) is 0 Å². The molecule has 4 aromatic rings. The minimum atomic E-state index is -4.23. The van der Waals surface area contributed by atoms with Gasteiger partial charge in [0.2, 0.25) is 0 Å². The van der Waals surface area contributed by atoms with Crippen molar-refractivity contribution in [2.75, 3.05) is 0 Å². The largest absolute Gasteiger partial charge is 0.416 e. The van der Waals surface area contributed by atoms with Crippen LogP contribution in [0.25, 0.3) is 4.85 Å². The summed E-state index contributed by atoms with van der Waals surface area (Å²) in [5.41, 5.74) is 10.2. The van der Waals surface area contributed by atoms with E-state index >= 15 is 0 Å². The Morgan fingerprint density at radius 1 is 0.488 bits per heavy atom. The highest BCUT2D eigenvalue weighted by atomic mass is 19.4. The van der Waals surface area contributed by atoms with Gasteiger partial charge in [-0.25, -0.2) is 9.24 Å². The summed E-state index contributed by atoms with van der Waals surface area (Å²) < 4.78 is 49.4. The summed E-state index contributed by atoms with van der Waals surface area (Å²) in [5, 5.41) is 0. The van der Waals surface area contributed by atoms with Gasteiger partial charge in [0.25, 0.3) is 0 Å².